The number of carboxylic acids is 2. The Morgan fingerprint density at radius 1 is 0.704 bits per heavy atom. The minimum Gasteiger partial charge on any atom is -0.481 e. The first-order valence-corrected chi connectivity index (χ1v) is 17.3. The fourth-order valence-corrected chi connectivity index (χ4v) is 5.11. The van der Waals surface area contributed by atoms with Gasteiger partial charge in [-0.05, 0) is 38.0 Å². The molecule has 0 aromatic rings. The maximum absolute atomic E-state index is 13.5. The van der Waals surface area contributed by atoms with Gasteiger partial charge in [-0.15, -0.1) is 0 Å². The molecule has 54 heavy (non-hydrogen) atoms. The maximum Gasteiger partial charge on any atom is 0.322 e. The lowest BCUT2D eigenvalue weighted by atomic mass is 9.99. The number of nitrogens with one attached hydrogen (secondary N) is 8. The smallest absolute Gasteiger partial charge is 0.322 e. The highest BCUT2D eigenvalue weighted by Gasteiger charge is 2.35. The highest BCUT2D eigenvalue weighted by atomic mass is 16.4. The van der Waals surface area contributed by atoms with Gasteiger partial charge in [0.1, 0.15) is 36.8 Å². The molecule has 0 aromatic heterocycles. The van der Waals surface area contributed by atoms with Gasteiger partial charge >= 0.3 is 11.9 Å². The lowest BCUT2D eigenvalue weighted by molar-refractivity contribution is -0.142. The summed E-state index contributed by atoms with van der Waals surface area (Å²) < 4.78 is 0. The molecule has 7 atom stereocenters. The normalized spacial score (nSPS) is 17.9. The number of hydrogen-bond acceptors (Lipinski definition) is 12. The van der Waals surface area contributed by atoms with E-state index in [2.05, 4.69) is 42.5 Å². The van der Waals surface area contributed by atoms with E-state index in [0.29, 0.717) is 0 Å². The number of primary amides is 1. The number of carbonyl (C=O) groups is 10. The average Bonchev–Trinajstić information content (AvgIpc) is 3.51. The number of aliphatic hydroxyl groups is 1. The topological polar surface area (TPSA) is 354 Å². The van der Waals surface area contributed by atoms with Crippen LogP contribution in [0.3, 0.4) is 0 Å². The lowest BCUT2D eigenvalue weighted by Crippen LogP contribution is -2.60. The van der Waals surface area contributed by atoms with E-state index in [4.69, 9.17) is 10.8 Å². The van der Waals surface area contributed by atoms with Crippen LogP contribution in [0.25, 0.3) is 0 Å². The molecule has 0 aliphatic carbocycles. The van der Waals surface area contributed by atoms with Crippen molar-refractivity contribution in [1.29, 1.82) is 0 Å². The Bertz CT molecular complexity index is 1410. The molecule has 1 rings (SSSR count). The molecule has 1 saturated heterocycles. The largest absolute Gasteiger partial charge is 0.481 e. The van der Waals surface area contributed by atoms with E-state index in [9.17, 15) is 58.2 Å². The standard InChI is InChI=1S/C32H53N9O13/c1-14(2)8-20(30(52)37-16(5)27(49)36-13-25(47)48)40-32(54)26(15(3)4)41-31(53)21(10-24(45)46)39-29(51)18(6-7-22(33)43)38-23(44)12-35-28(50)19-9-17(42)11-34-19/h14-21,26,34,42H,6-13H2,1-5H3,(H2,33,43)(H,35,50)(H,36,49)(H,37,52)(H,38,44)(H,39,51)(H,40,54)(H,41,53)(H,45,46)(H,47,48)/t16-,17+,18-,19-,20-,21-,26-/m0/s1. The monoisotopic (exact) mass is 771 g/mol. The summed E-state index contributed by atoms with van der Waals surface area (Å²) in [7, 11) is 0. The average molecular weight is 772 g/mol. The molecule has 22 heteroatoms. The zero-order chi connectivity index (χ0) is 41.3. The molecule has 0 aromatic carbocycles. The lowest BCUT2D eigenvalue weighted by Gasteiger charge is -2.28. The van der Waals surface area contributed by atoms with Gasteiger partial charge in [0.2, 0.25) is 47.3 Å². The highest BCUT2D eigenvalue weighted by Crippen LogP contribution is 2.10. The van der Waals surface area contributed by atoms with Crippen LogP contribution in [-0.2, 0) is 47.9 Å². The van der Waals surface area contributed by atoms with Crippen molar-refractivity contribution >= 4 is 59.2 Å². The summed E-state index contributed by atoms with van der Waals surface area (Å²) in [6.07, 6.45) is -2.29. The number of aliphatic hydroxyl groups excluding tert-OH is 1. The van der Waals surface area contributed by atoms with E-state index in [1.165, 1.54) is 6.92 Å². The zero-order valence-electron chi connectivity index (χ0n) is 30.9. The third-order valence-electron chi connectivity index (χ3n) is 7.94. The molecule has 0 bridgehead atoms. The molecule has 13 N–H and O–H groups in total. The molecule has 22 nitrogen and oxygen atoms in total. The van der Waals surface area contributed by atoms with E-state index >= 15 is 0 Å². The van der Waals surface area contributed by atoms with Gasteiger partial charge in [0.25, 0.3) is 0 Å². The second-order valence-corrected chi connectivity index (χ2v) is 13.6. The van der Waals surface area contributed by atoms with Crippen LogP contribution in [-0.4, -0.2) is 137 Å². The zero-order valence-corrected chi connectivity index (χ0v) is 30.9. The highest BCUT2D eigenvalue weighted by molar-refractivity contribution is 5.98. The Labute approximate surface area is 311 Å². The van der Waals surface area contributed by atoms with Crippen molar-refractivity contribution in [3.05, 3.63) is 0 Å². The Hall–Kier alpha value is -5.38. The number of carboxylic acid groups (broad SMARTS) is 2. The van der Waals surface area contributed by atoms with Gasteiger partial charge < -0.3 is 63.6 Å². The molecule has 0 radical (unpaired) electrons. The summed E-state index contributed by atoms with van der Waals surface area (Å²) in [5.41, 5.74) is 5.21. The van der Waals surface area contributed by atoms with Crippen LogP contribution in [0.15, 0.2) is 0 Å². The van der Waals surface area contributed by atoms with Gasteiger partial charge in [0.05, 0.1) is 25.1 Å². The fraction of sp³-hybridized carbons (Fsp3) is 0.688. The number of rotatable bonds is 23. The second kappa shape index (κ2) is 22.6. The summed E-state index contributed by atoms with van der Waals surface area (Å²) in [6, 6.07) is -7.86. The predicted molar refractivity (Wildman–Crippen MR) is 186 cm³/mol. The van der Waals surface area contributed by atoms with Crippen LogP contribution in [0, 0.1) is 11.8 Å². The van der Waals surface area contributed by atoms with E-state index < -0.39 is 133 Å². The van der Waals surface area contributed by atoms with Crippen molar-refractivity contribution in [2.45, 2.75) is 109 Å². The van der Waals surface area contributed by atoms with E-state index in [1.807, 2.05) is 0 Å². The van der Waals surface area contributed by atoms with Crippen molar-refractivity contribution in [1.82, 2.24) is 42.5 Å². The number of β-amino-alcohol motifs (C(OH)–C–C–N with tert-alkyl or cyclic N) is 1. The van der Waals surface area contributed by atoms with Crippen molar-refractivity contribution in [3.8, 4) is 0 Å². The van der Waals surface area contributed by atoms with Crippen molar-refractivity contribution in [3.63, 3.8) is 0 Å². The molecule has 1 aliphatic heterocycles. The molecule has 8 amide bonds. The molecular weight excluding hydrogens is 718 g/mol. The van der Waals surface area contributed by atoms with Crippen LogP contribution in [0.4, 0.5) is 0 Å². The van der Waals surface area contributed by atoms with Gasteiger partial charge in [-0.3, -0.25) is 47.9 Å². The molecule has 0 spiro atoms. The first-order chi connectivity index (χ1) is 25.1. The van der Waals surface area contributed by atoms with Crippen LogP contribution < -0.4 is 48.3 Å². The van der Waals surface area contributed by atoms with Gasteiger partial charge in [-0.1, -0.05) is 27.7 Å². The quantitative estimate of drug-likeness (QED) is 0.0463. The first-order valence-electron chi connectivity index (χ1n) is 17.3. The Morgan fingerprint density at radius 3 is 1.81 bits per heavy atom. The summed E-state index contributed by atoms with van der Waals surface area (Å²) in [6.45, 7) is 6.80. The van der Waals surface area contributed by atoms with Gasteiger partial charge in [0, 0.05) is 13.0 Å². The summed E-state index contributed by atoms with van der Waals surface area (Å²) in [5, 5.41) is 47.0. The molecule has 0 unspecified atom stereocenters. The molecule has 1 fully saturated rings. The number of aliphatic carboxylic acids is 2. The third kappa shape index (κ3) is 17.4. The van der Waals surface area contributed by atoms with Crippen LogP contribution in [0.5, 0.6) is 0 Å². The molecule has 304 valence electrons. The summed E-state index contributed by atoms with van der Waals surface area (Å²) >= 11 is 0. The van der Waals surface area contributed by atoms with Crippen molar-refractivity contribution < 1.29 is 63.3 Å². The Balaban J connectivity index is 3.09. The number of amides is 8. The summed E-state index contributed by atoms with van der Waals surface area (Å²) in [5.74, 6) is -10.6. The third-order valence-corrected chi connectivity index (χ3v) is 7.94. The maximum atomic E-state index is 13.5. The minimum absolute atomic E-state index is 0.0835. The fourth-order valence-electron chi connectivity index (χ4n) is 5.11. The number of carbonyl (C=O) groups excluding carboxylic acids is 8. The van der Waals surface area contributed by atoms with Gasteiger partial charge in [-0.2, -0.15) is 0 Å². The van der Waals surface area contributed by atoms with E-state index in [1.54, 1.807) is 27.7 Å². The molecule has 1 heterocycles. The second-order valence-electron chi connectivity index (χ2n) is 13.6. The Morgan fingerprint density at radius 2 is 1.30 bits per heavy atom. The number of nitrogens with two attached hydrogens (primary N) is 1. The predicted octanol–water partition coefficient (Wildman–Crippen LogP) is -5.09. The van der Waals surface area contributed by atoms with Crippen molar-refractivity contribution in [2.75, 3.05) is 19.6 Å². The number of hydrogen-bond donors (Lipinski definition) is 12. The molecule has 0 saturated carbocycles. The van der Waals surface area contributed by atoms with Crippen LogP contribution in [0.2, 0.25) is 0 Å². The summed E-state index contributed by atoms with van der Waals surface area (Å²) in [4.78, 5) is 124. The Kier molecular flexibility index (Phi) is 19.6. The van der Waals surface area contributed by atoms with E-state index in [0.717, 1.165) is 0 Å². The van der Waals surface area contributed by atoms with Crippen LogP contribution >= 0.6 is 0 Å². The SMILES string of the molecule is CC(C)C[C@H](NC(=O)[C@@H](NC(=O)[C@H](CC(=O)O)NC(=O)[C@H](CCC(N)=O)NC(=O)CNC(=O)[C@@H]1C[C@@H](O)CN1)C(C)C)C(=O)N[C@@H](C)C(=O)NCC(=O)O. The van der Waals surface area contributed by atoms with Gasteiger partial charge in [-0.25, -0.2) is 0 Å². The molecule has 1 aliphatic rings. The first kappa shape index (κ1) is 46.6. The minimum atomic E-state index is -1.81. The van der Waals surface area contributed by atoms with Crippen LogP contribution in [0.1, 0.15) is 66.7 Å². The molecular formula is C32H53N9O13. The van der Waals surface area contributed by atoms with Gasteiger partial charge in [0.15, 0.2) is 0 Å². The van der Waals surface area contributed by atoms with Crippen molar-refractivity contribution in [2.24, 2.45) is 17.6 Å². The van der Waals surface area contributed by atoms with E-state index in [-0.39, 0.29) is 31.7 Å².